The molecule has 2 aromatic rings. The molecule has 1 aromatic heterocycles. The van der Waals surface area contributed by atoms with Crippen LogP contribution >= 0.6 is 31.9 Å². The third kappa shape index (κ3) is 2.95. The zero-order chi connectivity index (χ0) is 14.2. The Kier molecular flexibility index (Phi) is 4.20. The number of hydrogen-bond acceptors (Lipinski definition) is 2. The summed E-state index contributed by atoms with van der Waals surface area (Å²) in [4.78, 5) is 15.9. The summed E-state index contributed by atoms with van der Waals surface area (Å²) >= 11 is 6.55. The van der Waals surface area contributed by atoms with Gasteiger partial charge in [0.25, 0.3) is 0 Å². The molecule has 0 radical (unpaired) electrons. The first-order valence-electron chi connectivity index (χ1n) is 5.57. The summed E-state index contributed by atoms with van der Waals surface area (Å²) in [7, 11) is 0. The van der Waals surface area contributed by atoms with Crippen LogP contribution in [-0.4, -0.2) is 9.55 Å². The fourth-order valence-corrected chi connectivity index (χ4v) is 2.51. The molecule has 0 saturated heterocycles. The Morgan fingerprint density at radius 2 is 2.00 bits per heavy atom. The predicted molar refractivity (Wildman–Crippen MR) is 78.9 cm³/mol. The molecule has 6 heteroatoms. The minimum Gasteiger partial charge on any atom is -0.291 e. The molecule has 0 bridgehead atoms. The van der Waals surface area contributed by atoms with Gasteiger partial charge in [-0.15, -0.1) is 0 Å². The van der Waals surface area contributed by atoms with E-state index in [-0.39, 0.29) is 11.5 Å². The van der Waals surface area contributed by atoms with Crippen LogP contribution in [0.2, 0.25) is 0 Å². The van der Waals surface area contributed by atoms with Crippen LogP contribution in [0.1, 0.15) is 17.0 Å². The summed E-state index contributed by atoms with van der Waals surface area (Å²) in [5.41, 5.74) is 1.99. The first-order valence-corrected chi connectivity index (χ1v) is 7.16. The summed E-state index contributed by atoms with van der Waals surface area (Å²) in [5, 5.41) is 0. The largest absolute Gasteiger partial charge is 0.348 e. The van der Waals surface area contributed by atoms with Gasteiger partial charge in [0.1, 0.15) is 5.82 Å². The Labute approximate surface area is 126 Å². The molecule has 0 atom stereocenters. The van der Waals surface area contributed by atoms with E-state index in [2.05, 4.69) is 36.8 Å². The van der Waals surface area contributed by atoms with E-state index in [4.69, 9.17) is 0 Å². The van der Waals surface area contributed by atoms with Crippen molar-refractivity contribution in [2.24, 2.45) is 0 Å². The first-order chi connectivity index (χ1) is 8.90. The van der Waals surface area contributed by atoms with Gasteiger partial charge in [-0.2, -0.15) is 4.98 Å². The fraction of sp³-hybridized carbons (Fsp3) is 0.231. The minimum atomic E-state index is -0.323. The molecule has 3 nitrogen and oxygen atoms in total. The lowest BCUT2D eigenvalue weighted by molar-refractivity contribution is 0.618. The molecule has 0 aliphatic rings. The van der Waals surface area contributed by atoms with Gasteiger partial charge < -0.3 is 0 Å². The lowest BCUT2D eigenvalue weighted by Crippen LogP contribution is -2.26. The van der Waals surface area contributed by atoms with Crippen LogP contribution in [0.4, 0.5) is 4.39 Å². The molecule has 1 heterocycles. The van der Waals surface area contributed by atoms with Crippen LogP contribution in [0.15, 0.2) is 31.9 Å². The van der Waals surface area contributed by atoms with Gasteiger partial charge in [0.15, 0.2) is 0 Å². The maximum absolute atomic E-state index is 13.2. The highest BCUT2D eigenvalue weighted by molar-refractivity contribution is 9.10. The summed E-state index contributed by atoms with van der Waals surface area (Å²) < 4.78 is 15.9. The van der Waals surface area contributed by atoms with E-state index >= 15 is 0 Å². The first kappa shape index (κ1) is 14.4. The maximum Gasteiger partial charge on any atom is 0.348 e. The number of aryl methyl sites for hydroxylation is 1. The zero-order valence-corrected chi connectivity index (χ0v) is 13.5. The van der Waals surface area contributed by atoms with Crippen molar-refractivity contribution in [1.82, 2.24) is 9.55 Å². The zero-order valence-electron chi connectivity index (χ0n) is 10.4. The number of hydrogen-bond donors (Lipinski definition) is 0. The van der Waals surface area contributed by atoms with Crippen LogP contribution in [0.3, 0.4) is 0 Å². The second-order valence-electron chi connectivity index (χ2n) is 4.21. The molecule has 2 rings (SSSR count). The number of rotatable bonds is 2. The molecule has 0 amide bonds. The van der Waals surface area contributed by atoms with Gasteiger partial charge in [-0.1, -0.05) is 6.07 Å². The number of benzene rings is 1. The van der Waals surface area contributed by atoms with Crippen molar-refractivity contribution in [3.63, 3.8) is 0 Å². The van der Waals surface area contributed by atoms with Crippen molar-refractivity contribution in [3.8, 4) is 0 Å². The topological polar surface area (TPSA) is 34.9 Å². The molecule has 0 unspecified atom stereocenters. The number of halogens is 3. The smallest absolute Gasteiger partial charge is 0.291 e. The van der Waals surface area contributed by atoms with Gasteiger partial charge in [0.2, 0.25) is 0 Å². The SMILES string of the molecule is Cc1nc(=O)n(Cc2ccc(F)c(Br)c2)c(C)c1Br. The lowest BCUT2D eigenvalue weighted by atomic mass is 10.2. The summed E-state index contributed by atoms with van der Waals surface area (Å²) in [6, 6.07) is 4.69. The van der Waals surface area contributed by atoms with E-state index in [1.165, 1.54) is 6.07 Å². The average Bonchev–Trinajstić information content (AvgIpc) is 2.36. The van der Waals surface area contributed by atoms with Crippen LogP contribution in [-0.2, 0) is 6.54 Å². The van der Waals surface area contributed by atoms with Crippen molar-refractivity contribution in [3.05, 3.63) is 60.4 Å². The van der Waals surface area contributed by atoms with Crippen molar-refractivity contribution in [2.75, 3.05) is 0 Å². The Bertz CT molecular complexity index is 698. The standard InChI is InChI=1S/C13H11Br2FN2O/c1-7-12(15)8(2)18(13(19)17-7)6-9-3-4-11(16)10(14)5-9/h3-5H,6H2,1-2H3. The monoisotopic (exact) mass is 388 g/mol. The van der Waals surface area contributed by atoms with Crippen molar-refractivity contribution < 1.29 is 4.39 Å². The summed E-state index contributed by atoms with van der Waals surface area (Å²) in [5.74, 6) is -0.323. The Morgan fingerprint density at radius 3 is 2.63 bits per heavy atom. The third-order valence-corrected chi connectivity index (χ3v) is 4.61. The molecule has 100 valence electrons. The van der Waals surface area contributed by atoms with E-state index < -0.39 is 0 Å². The molecule has 0 aliphatic heterocycles. The molecular weight excluding hydrogens is 379 g/mol. The molecule has 19 heavy (non-hydrogen) atoms. The molecule has 0 spiro atoms. The highest BCUT2D eigenvalue weighted by Gasteiger charge is 2.10. The van der Waals surface area contributed by atoms with E-state index in [1.807, 2.05) is 6.92 Å². The van der Waals surface area contributed by atoms with Crippen molar-refractivity contribution in [1.29, 1.82) is 0 Å². The van der Waals surface area contributed by atoms with Crippen LogP contribution in [0.25, 0.3) is 0 Å². The third-order valence-electron chi connectivity index (χ3n) is 2.86. The molecule has 1 aromatic carbocycles. The van der Waals surface area contributed by atoms with Crippen LogP contribution in [0.5, 0.6) is 0 Å². The van der Waals surface area contributed by atoms with Gasteiger partial charge in [-0.25, -0.2) is 9.18 Å². The van der Waals surface area contributed by atoms with Crippen molar-refractivity contribution in [2.45, 2.75) is 20.4 Å². The van der Waals surface area contributed by atoms with E-state index in [0.717, 1.165) is 15.7 Å². The normalized spacial score (nSPS) is 10.8. The lowest BCUT2D eigenvalue weighted by Gasteiger charge is -2.12. The van der Waals surface area contributed by atoms with E-state index in [0.29, 0.717) is 16.7 Å². The fourth-order valence-electron chi connectivity index (χ4n) is 1.78. The van der Waals surface area contributed by atoms with Gasteiger partial charge in [0, 0.05) is 5.69 Å². The van der Waals surface area contributed by atoms with E-state index in [1.54, 1.807) is 23.6 Å². The molecule has 0 saturated carbocycles. The molecule has 0 aliphatic carbocycles. The molecule has 0 N–H and O–H groups in total. The highest BCUT2D eigenvalue weighted by Crippen LogP contribution is 2.20. The second-order valence-corrected chi connectivity index (χ2v) is 5.86. The predicted octanol–water partition coefficient (Wildman–Crippen LogP) is 3.57. The van der Waals surface area contributed by atoms with Crippen LogP contribution < -0.4 is 5.69 Å². The highest BCUT2D eigenvalue weighted by atomic mass is 79.9. The molecule has 0 fully saturated rings. The second kappa shape index (κ2) is 5.54. The Hall–Kier alpha value is -1.01. The maximum atomic E-state index is 13.2. The van der Waals surface area contributed by atoms with Gasteiger partial charge in [-0.05, 0) is 63.4 Å². The molecular formula is C13H11Br2FN2O. The summed E-state index contributed by atoms with van der Waals surface area (Å²) in [6.45, 7) is 3.98. The summed E-state index contributed by atoms with van der Waals surface area (Å²) in [6.07, 6.45) is 0. The quantitative estimate of drug-likeness (QED) is 0.786. The van der Waals surface area contributed by atoms with Crippen molar-refractivity contribution >= 4 is 31.9 Å². The van der Waals surface area contributed by atoms with Crippen LogP contribution in [0, 0.1) is 19.7 Å². The van der Waals surface area contributed by atoms with Gasteiger partial charge >= 0.3 is 5.69 Å². The van der Waals surface area contributed by atoms with Gasteiger partial charge in [-0.3, -0.25) is 4.57 Å². The number of aromatic nitrogens is 2. The van der Waals surface area contributed by atoms with E-state index in [9.17, 15) is 9.18 Å². The minimum absolute atomic E-state index is 0.307. The Morgan fingerprint density at radius 1 is 1.32 bits per heavy atom. The van der Waals surface area contributed by atoms with Gasteiger partial charge in [0.05, 0.1) is 21.2 Å². The Balaban J connectivity index is 2.46. The average molecular weight is 390 g/mol. The number of nitrogens with zero attached hydrogens (tertiary/aromatic N) is 2.